The van der Waals surface area contributed by atoms with Crippen LogP contribution < -0.4 is 0 Å². The highest BCUT2D eigenvalue weighted by Gasteiger charge is 2.21. The van der Waals surface area contributed by atoms with Gasteiger partial charge in [0.05, 0.1) is 14.5 Å². The minimum absolute atomic E-state index is 0.297. The Morgan fingerprint density at radius 1 is 0.759 bits per heavy atom. The van der Waals surface area contributed by atoms with Crippen molar-refractivity contribution in [1.82, 2.24) is 14.5 Å². The highest BCUT2D eigenvalue weighted by atomic mass is 15.1. The Bertz CT molecular complexity index is 1510. The van der Waals surface area contributed by atoms with Crippen LogP contribution in [0.15, 0.2) is 91.3 Å². The van der Waals surface area contributed by atoms with E-state index in [1.165, 1.54) is 4.57 Å². The van der Waals surface area contributed by atoms with Crippen molar-refractivity contribution in [3.63, 3.8) is 0 Å². The van der Waals surface area contributed by atoms with Crippen LogP contribution in [-0.4, -0.2) is 14.5 Å². The van der Waals surface area contributed by atoms with Crippen molar-refractivity contribution in [1.29, 1.82) is 0 Å². The van der Waals surface area contributed by atoms with E-state index in [1.54, 1.807) is 18.5 Å². The summed E-state index contributed by atoms with van der Waals surface area (Å²) in [6, 6.07) is 24.6. The van der Waals surface area contributed by atoms with E-state index in [0.717, 1.165) is 16.7 Å². The highest BCUT2D eigenvalue weighted by molar-refractivity contribution is 5.95. The molecule has 3 heterocycles. The van der Waals surface area contributed by atoms with Crippen LogP contribution in [-0.2, 0) is 12.9 Å². The van der Waals surface area contributed by atoms with Gasteiger partial charge in [-0.1, -0.05) is 78.9 Å². The van der Waals surface area contributed by atoms with Gasteiger partial charge < -0.3 is 4.57 Å². The Hall–Kier alpha value is -3.72. The Labute approximate surface area is 174 Å². The molecule has 1 aliphatic heterocycles. The van der Waals surface area contributed by atoms with E-state index >= 15 is 0 Å². The number of hydrogen-bond donors (Lipinski definition) is 0. The molecule has 6 rings (SSSR count). The average Bonchev–Trinajstić information content (AvgIpc) is 3.23. The number of rotatable bonds is 2. The molecular weight excluding hydrogens is 354 g/mol. The van der Waals surface area contributed by atoms with Gasteiger partial charge in [0.2, 0.25) is 0 Å². The number of hydrogen-bond acceptors (Lipinski definition) is 2. The molecule has 3 aromatic carbocycles. The lowest BCUT2D eigenvalue weighted by Gasteiger charge is -2.10. The van der Waals surface area contributed by atoms with Crippen molar-refractivity contribution in [2.75, 3.05) is 0 Å². The van der Waals surface area contributed by atoms with Gasteiger partial charge in [-0.2, -0.15) is 0 Å². The maximum atomic E-state index is 9.09. The highest BCUT2D eigenvalue weighted by Crippen LogP contribution is 2.38. The molecule has 3 nitrogen and oxygen atoms in total. The lowest BCUT2D eigenvalue weighted by Crippen LogP contribution is -2.02. The van der Waals surface area contributed by atoms with Crippen LogP contribution in [0.1, 0.15) is 11.0 Å². The van der Waals surface area contributed by atoms with Crippen molar-refractivity contribution in [3.05, 3.63) is 96.8 Å². The van der Waals surface area contributed by atoms with E-state index < -0.39 is 12.9 Å². The van der Waals surface area contributed by atoms with Gasteiger partial charge in [-0.15, -0.1) is 0 Å². The first kappa shape index (κ1) is 12.7. The predicted molar refractivity (Wildman–Crippen MR) is 118 cm³/mol. The zero-order chi connectivity index (χ0) is 22.8. The van der Waals surface area contributed by atoms with Crippen LogP contribution in [0.2, 0.25) is 0 Å². The van der Waals surface area contributed by atoms with Crippen LogP contribution in [0, 0.1) is 0 Å². The van der Waals surface area contributed by atoms with E-state index in [-0.39, 0.29) is 0 Å². The molecule has 0 radical (unpaired) electrons. The standard InChI is InChI=1S/C26H19N3/c1-3-7-18(8-4-1)20-11-12-22-21(15-20)13-14-29-25-23(22)16-27-17-24(25)28-26(29)19-9-5-2-6-10-19/h1-12,15-17H,13-14H2/i13D2,14D2. The zero-order valence-corrected chi connectivity index (χ0v) is 15.5. The smallest absolute Gasteiger partial charge is 0.141 e. The molecule has 0 aliphatic carbocycles. The van der Waals surface area contributed by atoms with E-state index in [1.807, 2.05) is 72.8 Å². The van der Waals surface area contributed by atoms with Gasteiger partial charge in [-0.3, -0.25) is 4.98 Å². The summed E-state index contributed by atoms with van der Waals surface area (Å²) in [4.78, 5) is 9.05. The first-order valence-electron chi connectivity index (χ1n) is 11.5. The Balaban J connectivity index is 1.71. The topological polar surface area (TPSA) is 30.7 Å². The second-order valence-corrected chi connectivity index (χ2v) is 7.05. The van der Waals surface area contributed by atoms with Gasteiger partial charge in [0.15, 0.2) is 0 Å². The monoisotopic (exact) mass is 377 g/mol. The van der Waals surface area contributed by atoms with E-state index in [2.05, 4.69) is 9.97 Å². The first-order valence-corrected chi connectivity index (χ1v) is 9.52. The Morgan fingerprint density at radius 3 is 2.31 bits per heavy atom. The lowest BCUT2D eigenvalue weighted by atomic mass is 9.94. The zero-order valence-electron chi connectivity index (χ0n) is 19.5. The summed E-state index contributed by atoms with van der Waals surface area (Å²) in [6.07, 6.45) is 0.938. The van der Waals surface area contributed by atoms with Crippen LogP contribution in [0.25, 0.3) is 44.7 Å². The normalized spacial score (nSPS) is 18.1. The fourth-order valence-corrected chi connectivity index (χ4v) is 3.93. The summed E-state index contributed by atoms with van der Waals surface area (Å²) < 4.78 is 37.7. The lowest BCUT2D eigenvalue weighted by molar-refractivity contribution is 0.730. The molecule has 0 unspecified atom stereocenters. The van der Waals surface area contributed by atoms with Gasteiger partial charge in [-0.05, 0) is 28.6 Å². The van der Waals surface area contributed by atoms with Crippen LogP contribution in [0.5, 0.6) is 0 Å². The van der Waals surface area contributed by atoms with Crippen LogP contribution in [0.3, 0.4) is 0 Å². The number of nitrogens with zero attached hydrogens (tertiary/aromatic N) is 3. The third-order valence-corrected chi connectivity index (χ3v) is 5.31. The van der Waals surface area contributed by atoms with Crippen LogP contribution >= 0.6 is 0 Å². The molecule has 29 heavy (non-hydrogen) atoms. The molecule has 0 amide bonds. The summed E-state index contributed by atoms with van der Waals surface area (Å²) in [5.74, 6) is 0.379. The van der Waals surface area contributed by atoms with Crippen molar-refractivity contribution >= 4 is 11.0 Å². The molecular formula is C26H19N3. The minimum Gasteiger partial charge on any atom is -0.323 e. The summed E-state index contributed by atoms with van der Waals surface area (Å²) in [5.41, 5.74) is 5.17. The molecule has 5 aromatic rings. The molecule has 138 valence electrons. The first-order chi connectivity index (χ1) is 15.9. The van der Waals surface area contributed by atoms with Gasteiger partial charge in [0.1, 0.15) is 11.3 Å². The minimum atomic E-state index is -2.41. The molecule has 0 saturated carbocycles. The molecule has 0 saturated heterocycles. The second-order valence-electron chi connectivity index (χ2n) is 7.05. The quantitative estimate of drug-likeness (QED) is 0.378. The van der Waals surface area contributed by atoms with Gasteiger partial charge in [-0.25, -0.2) is 4.98 Å². The molecule has 0 atom stereocenters. The Kier molecular flexibility index (Phi) is 2.81. The molecule has 0 spiro atoms. The summed E-state index contributed by atoms with van der Waals surface area (Å²) in [6.45, 7) is -2.41. The van der Waals surface area contributed by atoms with Crippen molar-refractivity contribution < 1.29 is 5.48 Å². The molecule has 1 aliphatic rings. The fourth-order valence-electron chi connectivity index (χ4n) is 3.93. The number of aryl methyl sites for hydroxylation is 2. The summed E-state index contributed by atoms with van der Waals surface area (Å²) >= 11 is 0. The third-order valence-electron chi connectivity index (χ3n) is 5.31. The number of imidazole rings is 1. The maximum absolute atomic E-state index is 9.09. The number of aromatic nitrogens is 3. The Morgan fingerprint density at radius 2 is 1.52 bits per heavy atom. The van der Waals surface area contributed by atoms with Gasteiger partial charge >= 0.3 is 0 Å². The summed E-state index contributed by atoms with van der Waals surface area (Å²) in [7, 11) is 0. The molecule has 3 heteroatoms. The average molecular weight is 377 g/mol. The third kappa shape index (κ3) is 2.59. The van der Waals surface area contributed by atoms with Crippen molar-refractivity contribution in [2.24, 2.45) is 0 Å². The summed E-state index contributed by atoms with van der Waals surface area (Å²) in [5, 5.41) is 0. The maximum Gasteiger partial charge on any atom is 0.141 e. The van der Waals surface area contributed by atoms with Crippen molar-refractivity contribution in [2.45, 2.75) is 12.9 Å². The molecule has 0 bridgehead atoms. The predicted octanol–water partition coefficient (Wildman–Crippen LogP) is 5.99. The molecule has 2 aromatic heterocycles. The SMILES string of the molecule is [2H]C1([2H])c2cc(-c3ccccc3)ccc2-c2cncc3nc(-c4ccccc4)n(c23)C1([2H])[2H]. The van der Waals surface area contributed by atoms with E-state index in [9.17, 15) is 0 Å². The fraction of sp³-hybridized carbons (Fsp3) is 0.0769. The van der Waals surface area contributed by atoms with Gasteiger partial charge in [0.25, 0.3) is 0 Å². The molecule has 0 N–H and O–H groups in total. The number of fused-ring (bicyclic) bond motifs is 2. The number of benzene rings is 3. The van der Waals surface area contributed by atoms with Crippen molar-refractivity contribution in [3.8, 4) is 33.6 Å². The van der Waals surface area contributed by atoms with E-state index in [0.29, 0.717) is 33.5 Å². The van der Waals surface area contributed by atoms with Gasteiger partial charge in [0, 0.05) is 26.6 Å². The number of pyridine rings is 1. The largest absolute Gasteiger partial charge is 0.323 e. The second kappa shape index (κ2) is 6.42. The van der Waals surface area contributed by atoms with E-state index in [4.69, 9.17) is 5.48 Å². The van der Waals surface area contributed by atoms with Crippen LogP contribution in [0.4, 0.5) is 0 Å². The molecule has 0 fully saturated rings.